The Morgan fingerprint density at radius 2 is 2.04 bits per heavy atom. The third kappa shape index (κ3) is 3.02. The van der Waals surface area contributed by atoms with Gasteiger partial charge in [0.15, 0.2) is 0 Å². The Kier molecular flexibility index (Phi) is 3.88. The zero-order chi connectivity index (χ0) is 15.6. The van der Waals surface area contributed by atoms with E-state index in [1.807, 2.05) is 24.5 Å². The minimum absolute atomic E-state index is 0.875. The van der Waals surface area contributed by atoms with E-state index in [4.69, 9.17) is 4.42 Å². The maximum atomic E-state index is 5.58. The van der Waals surface area contributed by atoms with Crippen molar-refractivity contribution in [2.24, 2.45) is 5.92 Å². The van der Waals surface area contributed by atoms with Crippen molar-refractivity contribution in [1.29, 1.82) is 0 Å². The first-order chi connectivity index (χ1) is 11.3. The summed E-state index contributed by atoms with van der Waals surface area (Å²) in [4.78, 5) is 6.92. The van der Waals surface area contributed by atoms with Gasteiger partial charge in [0.25, 0.3) is 0 Å². The molecule has 1 saturated heterocycles. The summed E-state index contributed by atoms with van der Waals surface area (Å²) in [5.74, 6) is 1.76. The lowest BCUT2D eigenvalue weighted by molar-refractivity contribution is 0.185. The van der Waals surface area contributed by atoms with Gasteiger partial charge in [0.2, 0.25) is 0 Å². The third-order valence-corrected chi connectivity index (χ3v) is 4.89. The van der Waals surface area contributed by atoms with Crippen molar-refractivity contribution >= 4 is 10.8 Å². The largest absolute Gasteiger partial charge is 0.464 e. The maximum absolute atomic E-state index is 5.58. The Morgan fingerprint density at radius 1 is 1.17 bits per heavy atom. The van der Waals surface area contributed by atoms with Gasteiger partial charge in [-0.15, -0.1) is 0 Å². The third-order valence-electron chi connectivity index (χ3n) is 4.89. The average molecular weight is 306 g/mol. The van der Waals surface area contributed by atoms with Crippen molar-refractivity contribution in [3.63, 3.8) is 0 Å². The Morgan fingerprint density at radius 3 is 2.83 bits per heavy atom. The average Bonchev–Trinajstić information content (AvgIpc) is 3.11. The highest BCUT2D eigenvalue weighted by atomic mass is 16.3. The van der Waals surface area contributed by atoms with Crippen LogP contribution in [0.5, 0.6) is 0 Å². The first kappa shape index (κ1) is 14.5. The number of rotatable bonds is 3. The van der Waals surface area contributed by atoms with Gasteiger partial charge in [-0.2, -0.15) is 0 Å². The van der Waals surface area contributed by atoms with Crippen LogP contribution >= 0.6 is 0 Å². The Hall–Kier alpha value is -2.13. The molecule has 118 valence electrons. The molecule has 3 aromatic rings. The van der Waals surface area contributed by atoms with Crippen molar-refractivity contribution in [2.75, 3.05) is 13.1 Å². The van der Waals surface area contributed by atoms with Gasteiger partial charge in [0.1, 0.15) is 5.76 Å². The number of piperidine rings is 1. The molecule has 23 heavy (non-hydrogen) atoms. The second-order valence-electron chi connectivity index (χ2n) is 6.68. The number of hydrogen-bond acceptors (Lipinski definition) is 3. The maximum Gasteiger partial charge on any atom is 0.136 e. The van der Waals surface area contributed by atoms with Crippen LogP contribution in [0.15, 0.2) is 53.4 Å². The summed E-state index contributed by atoms with van der Waals surface area (Å²) >= 11 is 0. The molecule has 1 fully saturated rings. The summed E-state index contributed by atoms with van der Waals surface area (Å²) < 4.78 is 5.58. The van der Waals surface area contributed by atoms with E-state index in [2.05, 4.69) is 35.0 Å². The lowest BCUT2D eigenvalue weighted by Gasteiger charge is -2.30. The number of likely N-dealkylation sites (tertiary alicyclic amines) is 1. The van der Waals surface area contributed by atoms with Crippen LogP contribution in [-0.4, -0.2) is 23.0 Å². The molecule has 1 aliphatic heterocycles. The lowest BCUT2D eigenvalue weighted by Crippen LogP contribution is -2.32. The van der Waals surface area contributed by atoms with E-state index in [-0.39, 0.29) is 0 Å². The molecule has 0 aliphatic carbocycles. The number of furan rings is 1. The molecule has 3 nitrogen and oxygen atoms in total. The van der Waals surface area contributed by atoms with E-state index in [1.165, 1.54) is 36.9 Å². The minimum atomic E-state index is 0.875. The van der Waals surface area contributed by atoms with Gasteiger partial charge >= 0.3 is 0 Å². The van der Waals surface area contributed by atoms with Crippen molar-refractivity contribution in [3.05, 3.63) is 54.6 Å². The van der Waals surface area contributed by atoms with Crippen molar-refractivity contribution in [3.8, 4) is 11.3 Å². The van der Waals surface area contributed by atoms with Crippen LogP contribution in [0.1, 0.15) is 25.3 Å². The molecular weight excluding hydrogens is 284 g/mol. The van der Waals surface area contributed by atoms with Crippen molar-refractivity contribution < 1.29 is 4.42 Å². The van der Waals surface area contributed by atoms with Gasteiger partial charge in [-0.1, -0.05) is 19.1 Å². The van der Waals surface area contributed by atoms with Gasteiger partial charge in [-0.3, -0.25) is 9.88 Å². The zero-order valence-corrected chi connectivity index (χ0v) is 13.5. The van der Waals surface area contributed by atoms with Crippen LogP contribution in [0.2, 0.25) is 0 Å². The molecule has 0 amide bonds. The molecule has 0 N–H and O–H groups in total. The summed E-state index contributed by atoms with van der Waals surface area (Å²) in [6.45, 7) is 5.81. The van der Waals surface area contributed by atoms with E-state index < -0.39 is 0 Å². The minimum Gasteiger partial charge on any atom is -0.464 e. The molecule has 3 heterocycles. The molecule has 0 unspecified atom stereocenters. The van der Waals surface area contributed by atoms with Crippen LogP contribution in [0.4, 0.5) is 0 Å². The fourth-order valence-corrected chi connectivity index (χ4v) is 3.42. The van der Waals surface area contributed by atoms with Gasteiger partial charge in [-0.25, -0.2) is 0 Å². The molecule has 0 bridgehead atoms. The van der Waals surface area contributed by atoms with E-state index in [0.717, 1.165) is 29.2 Å². The summed E-state index contributed by atoms with van der Waals surface area (Å²) in [5, 5.41) is 2.38. The predicted molar refractivity (Wildman–Crippen MR) is 93.1 cm³/mol. The SMILES string of the molecule is CC1CCN(Cc2ccc3cncc(-c4ccco4)c3c2)CC1. The number of hydrogen-bond donors (Lipinski definition) is 0. The first-order valence-corrected chi connectivity index (χ1v) is 8.42. The van der Waals surface area contributed by atoms with E-state index in [0.29, 0.717) is 0 Å². The summed E-state index contributed by atoms with van der Waals surface area (Å²) in [6, 6.07) is 10.6. The van der Waals surface area contributed by atoms with Crippen molar-refractivity contribution in [1.82, 2.24) is 9.88 Å². The van der Waals surface area contributed by atoms with Crippen LogP contribution in [-0.2, 0) is 6.54 Å². The number of nitrogens with zero attached hydrogens (tertiary/aromatic N) is 2. The first-order valence-electron chi connectivity index (χ1n) is 8.42. The lowest BCUT2D eigenvalue weighted by atomic mass is 9.98. The van der Waals surface area contributed by atoms with Gasteiger partial charge < -0.3 is 4.42 Å². The number of benzene rings is 1. The molecule has 0 spiro atoms. The summed E-state index contributed by atoms with van der Waals surface area (Å²) in [6.07, 6.45) is 8.17. The smallest absolute Gasteiger partial charge is 0.136 e. The van der Waals surface area contributed by atoms with E-state index in [9.17, 15) is 0 Å². The molecule has 4 rings (SSSR count). The second kappa shape index (κ2) is 6.17. The second-order valence-corrected chi connectivity index (χ2v) is 6.68. The van der Waals surface area contributed by atoms with Crippen LogP contribution in [0.3, 0.4) is 0 Å². The monoisotopic (exact) mass is 306 g/mol. The Bertz CT molecular complexity index is 787. The Balaban J connectivity index is 1.65. The topological polar surface area (TPSA) is 29.3 Å². The van der Waals surface area contributed by atoms with Crippen LogP contribution in [0, 0.1) is 5.92 Å². The fraction of sp³-hybridized carbons (Fsp3) is 0.350. The molecule has 0 radical (unpaired) electrons. The normalized spacial score (nSPS) is 16.9. The molecule has 2 aromatic heterocycles. The van der Waals surface area contributed by atoms with Gasteiger partial charge in [-0.05, 0) is 61.0 Å². The highest BCUT2D eigenvalue weighted by Gasteiger charge is 2.16. The molecule has 0 saturated carbocycles. The molecule has 1 aliphatic rings. The molecule has 3 heteroatoms. The molecular formula is C20H22N2O. The summed E-state index contributed by atoms with van der Waals surface area (Å²) in [7, 11) is 0. The van der Waals surface area contributed by atoms with Crippen LogP contribution in [0.25, 0.3) is 22.1 Å². The van der Waals surface area contributed by atoms with Gasteiger partial charge in [0.05, 0.1) is 6.26 Å². The molecule has 1 aromatic carbocycles. The molecule has 0 atom stereocenters. The number of aromatic nitrogens is 1. The fourth-order valence-electron chi connectivity index (χ4n) is 3.42. The van der Waals surface area contributed by atoms with Crippen LogP contribution < -0.4 is 0 Å². The predicted octanol–water partition coefficient (Wildman–Crippen LogP) is 4.73. The number of pyridine rings is 1. The highest BCUT2D eigenvalue weighted by Crippen LogP contribution is 2.29. The Labute approximate surface area is 136 Å². The van der Waals surface area contributed by atoms with Gasteiger partial charge in [0, 0.05) is 29.9 Å². The summed E-state index contributed by atoms with van der Waals surface area (Å²) in [5.41, 5.74) is 2.44. The standard InChI is InChI=1S/C20H22N2O/c1-15-6-8-22(9-7-15)14-16-4-5-17-12-21-13-19(18(17)11-16)20-3-2-10-23-20/h2-5,10-13,15H,6-9,14H2,1H3. The quantitative estimate of drug-likeness (QED) is 0.700. The number of fused-ring (bicyclic) bond motifs is 1. The zero-order valence-electron chi connectivity index (χ0n) is 13.5. The van der Waals surface area contributed by atoms with Crippen molar-refractivity contribution in [2.45, 2.75) is 26.3 Å². The highest BCUT2D eigenvalue weighted by molar-refractivity contribution is 5.94. The van der Waals surface area contributed by atoms with E-state index in [1.54, 1.807) is 6.26 Å². The van der Waals surface area contributed by atoms with E-state index >= 15 is 0 Å².